The van der Waals surface area contributed by atoms with E-state index in [0.29, 0.717) is 23.4 Å². The molecule has 2 aromatic rings. The zero-order valence-electron chi connectivity index (χ0n) is 11.4. The second kappa shape index (κ2) is 5.19. The number of aliphatic hydroxyl groups excluding tert-OH is 3. The summed E-state index contributed by atoms with van der Waals surface area (Å²) in [5, 5.41) is 29.0. The molecule has 4 atom stereocenters. The van der Waals surface area contributed by atoms with Gasteiger partial charge in [0.25, 0.3) is 0 Å². The van der Waals surface area contributed by atoms with Crippen LogP contribution in [0.1, 0.15) is 19.0 Å². The SMILES string of the molecule is CCc1nc(N)c2ncn([C@@H]3O[C@H](CO)[C@@H](O)[C@H]3O)c2n1. The molecule has 0 aromatic carbocycles. The topological polar surface area (TPSA) is 140 Å². The van der Waals surface area contributed by atoms with Crippen LogP contribution in [-0.4, -0.2) is 59.8 Å². The average Bonchev–Trinajstić information content (AvgIpc) is 3.02. The lowest BCUT2D eigenvalue weighted by atomic mass is 10.1. The van der Waals surface area contributed by atoms with Crippen LogP contribution in [0.15, 0.2) is 6.33 Å². The van der Waals surface area contributed by atoms with E-state index >= 15 is 0 Å². The van der Waals surface area contributed by atoms with Gasteiger partial charge in [0.2, 0.25) is 0 Å². The fourth-order valence-corrected chi connectivity index (χ4v) is 2.44. The van der Waals surface area contributed by atoms with E-state index in [1.807, 2.05) is 6.92 Å². The Hall–Kier alpha value is -1.81. The van der Waals surface area contributed by atoms with Crippen LogP contribution in [0.5, 0.6) is 0 Å². The first kappa shape index (κ1) is 14.1. The van der Waals surface area contributed by atoms with E-state index in [4.69, 9.17) is 15.6 Å². The number of aliphatic hydroxyl groups is 3. The maximum absolute atomic E-state index is 10.1. The van der Waals surface area contributed by atoms with Crippen LogP contribution in [0.4, 0.5) is 5.82 Å². The van der Waals surface area contributed by atoms with E-state index in [2.05, 4.69) is 15.0 Å². The molecule has 9 nitrogen and oxygen atoms in total. The van der Waals surface area contributed by atoms with Crippen molar-refractivity contribution >= 4 is 17.0 Å². The van der Waals surface area contributed by atoms with Gasteiger partial charge in [0.15, 0.2) is 17.7 Å². The number of nitrogen functional groups attached to an aromatic ring is 1. The fraction of sp³-hybridized carbons (Fsp3) is 0.583. The summed E-state index contributed by atoms with van der Waals surface area (Å²) in [6.45, 7) is 1.51. The van der Waals surface area contributed by atoms with Gasteiger partial charge in [-0.25, -0.2) is 15.0 Å². The molecule has 0 aliphatic carbocycles. The Morgan fingerprint density at radius 2 is 2.10 bits per heavy atom. The van der Waals surface area contributed by atoms with Crippen LogP contribution in [0.3, 0.4) is 0 Å². The monoisotopic (exact) mass is 295 g/mol. The highest BCUT2D eigenvalue weighted by molar-refractivity contribution is 5.81. The van der Waals surface area contributed by atoms with Crippen molar-refractivity contribution in [3.8, 4) is 0 Å². The van der Waals surface area contributed by atoms with Crippen LogP contribution < -0.4 is 5.73 Å². The maximum Gasteiger partial charge on any atom is 0.167 e. The van der Waals surface area contributed by atoms with Crippen molar-refractivity contribution in [2.75, 3.05) is 12.3 Å². The van der Waals surface area contributed by atoms with Crippen molar-refractivity contribution < 1.29 is 20.1 Å². The number of ether oxygens (including phenoxy) is 1. The van der Waals surface area contributed by atoms with Gasteiger partial charge in [0.05, 0.1) is 12.9 Å². The molecule has 0 radical (unpaired) electrons. The molecule has 21 heavy (non-hydrogen) atoms. The molecular weight excluding hydrogens is 278 g/mol. The van der Waals surface area contributed by atoms with Gasteiger partial charge in [-0.15, -0.1) is 0 Å². The Bertz CT molecular complexity index is 660. The molecule has 1 saturated heterocycles. The first-order valence-electron chi connectivity index (χ1n) is 6.68. The van der Waals surface area contributed by atoms with Gasteiger partial charge in [-0.05, 0) is 0 Å². The molecular formula is C12H17N5O4. The Morgan fingerprint density at radius 1 is 1.33 bits per heavy atom. The molecule has 0 spiro atoms. The number of nitrogens with zero attached hydrogens (tertiary/aromatic N) is 4. The number of anilines is 1. The van der Waals surface area contributed by atoms with Crippen LogP contribution in [0, 0.1) is 0 Å². The molecule has 5 N–H and O–H groups in total. The first-order valence-corrected chi connectivity index (χ1v) is 6.68. The molecule has 1 fully saturated rings. The summed E-state index contributed by atoms with van der Waals surface area (Å²) >= 11 is 0. The smallest absolute Gasteiger partial charge is 0.167 e. The maximum atomic E-state index is 10.1. The Balaban J connectivity index is 2.07. The molecule has 3 rings (SSSR count). The van der Waals surface area contributed by atoms with Crippen molar-refractivity contribution in [2.45, 2.75) is 37.9 Å². The Morgan fingerprint density at radius 3 is 2.71 bits per heavy atom. The molecule has 2 aromatic heterocycles. The fourth-order valence-electron chi connectivity index (χ4n) is 2.44. The zero-order chi connectivity index (χ0) is 15.1. The number of nitrogens with two attached hydrogens (primary N) is 1. The van der Waals surface area contributed by atoms with Gasteiger partial charge < -0.3 is 25.8 Å². The lowest BCUT2D eigenvalue weighted by molar-refractivity contribution is -0.0511. The van der Waals surface area contributed by atoms with E-state index in [1.54, 1.807) is 0 Å². The minimum Gasteiger partial charge on any atom is -0.394 e. The van der Waals surface area contributed by atoms with E-state index in [9.17, 15) is 10.2 Å². The predicted molar refractivity (Wildman–Crippen MR) is 72.1 cm³/mol. The molecule has 9 heteroatoms. The molecule has 0 saturated carbocycles. The summed E-state index contributed by atoms with van der Waals surface area (Å²) in [6.07, 6.45) is -2.09. The van der Waals surface area contributed by atoms with Gasteiger partial charge >= 0.3 is 0 Å². The summed E-state index contributed by atoms with van der Waals surface area (Å²) in [5.41, 5.74) is 6.67. The van der Waals surface area contributed by atoms with Crippen LogP contribution in [0.2, 0.25) is 0 Å². The summed E-state index contributed by atoms with van der Waals surface area (Å²) in [7, 11) is 0. The highest BCUT2D eigenvalue weighted by Crippen LogP contribution is 2.31. The minimum absolute atomic E-state index is 0.252. The van der Waals surface area contributed by atoms with Crippen molar-refractivity contribution in [1.29, 1.82) is 0 Å². The van der Waals surface area contributed by atoms with Crippen LogP contribution in [-0.2, 0) is 11.2 Å². The number of rotatable bonds is 3. The number of hydrogen-bond donors (Lipinski definition) is 4. The average molecular weight is 295 g/mol. The number of aromatic nitrogens is 4. The second-order valence-electron chi connectivity index (χ2n) is 4.93. The highest BCUT2D eigenvalue weighted by atomic mass is 16.6. The third-order valence-corrected chi connectivity index (χ3v) is 3.60. The van der Waals surface area contributed by atoms with Gasteiger partial charge in [-0.1, -0.05) is 6.92 Å². The van der Waals surface area contributed by atoms with Crippen molar-refractivity contribution in [3.63, 3.8) is 0 Å². The minimum atomic E-state index is -1.19. The summed E-state index contributed by atoms with van der Waals surface area (Å²) in [4.78, 5) is 12.6. The first-order chi connectivity index (χ1) is 10.1. The van der Waals surface area contributed by atoms with Crippen molar-refractivity contribution in [1.82, 2.24) is 19.5 Å². The molecule has 114 valence electrons. The summed E-state index contributed by atoms with van der Waals surface area (Å²) in [5.74, 6) is 0.802. The molecule has 3 heterocycles. The molecule has 1 aliphatic rings. The second-order valence-corrected chi connectivity index (χ2v) is 4.93. The predicted octanol–water partition coefficient (Wildman–Crippen LogP) is -1.42. The van der Waals surface area contributed by atoms with Crippen molar-refractivity contribution in [2.24, 2.45) is 0 Å². The molecule has 0 unspecified atom stereocenters. The van der Waals surface area contributed by atoms with E-state index in [0.717, 1.165) is 0 Å². The van der Waals surface area contributed by atoms with Gasteiger partial charge in [0.1, 0.15) is 29.7 Å². The van der Waals surface area contributed by atoms with Gasteiger partial charge in [-0.3, -0.25) is 4.57 Å². The van der Waals surface area contributed by atoms with Gasteiger partial charge in [-0.2, -0.15) is 0 Å². The lowest BCUT2D eigenvalue weighted by Crippen LogP contribution is -2.33. The standard InChI is InChI=1S/C12H17N5O4/c1-2-6-15-10(13)7-11(16-6)17(4-14-7)12-9(20)8(19)5(3-18)21-12/h4-5,8-9,12,18-20H,2-3H2,1H3,(H2,13,15,16)/t5-,8-,9-,12-/m1/s1. The van der Waals surface area contributed by atoms with Gasteiger partial charge in [0, 0.05) is 6.42 Å². The van der Waals surface area contributed by atoms with Crippen molar-refractivity contribution in [3.05, 3.63) is 12.2 Å². The summed E-state index contributed by atoms with van der Waals surface area (Å²) < 4.78 is 6.97. The van der Waals surface area contributed by atoms with E-state index in [1.165, 1.54) is 10.9 Å². The summed E-state index contributed by atoms with van der Waals surface area (Å²) in [6, 6.07) is 0. The molecule has 1 aliphatic heterocycles. The Kier molecular flexibility index (Phi) is 3.49. The molecule has 0 amide bonds. The number of hydrogen-bond acceptors (Lipinski definition) is 8. The quantitative estimate of drug-likeness (QED) is 0.541. The third-order valence-electron chi connectivity index (χ3n) is 3.60. The Labute approximate surface area is 120 Å². The largest absolute Gasteiger partial charge is 0.394 e. The van der Waals surface area contributed by atoms with Crippen LogP contribution in [0.25, 0.3) is 11.2 Å². The van der Waals surface area contributed by atoms with E-state index < -0.39 is 31.1 Å². The molecule has 0 bridgehead atoms. The van der Waals surface area contributed by atoms with E-state index in [-0.39, 0.29) is 5.82 Å². The number of imidazole rings is 1. The normalized spacial score (nSPS) is 29.3. The zero-order valence-corrected chi connectivity index (χ0v) is 11.4. The van der Waals surface area contributed by atoms with Crippen LogP contribution >= 0.6 is 0 Å². The highest BCUT2D eigenvalue weighted by Gasteiger charge is 2.44. The number of fused-ring (bicyclic) bond motifs is 1. The third kappa shape index (κ3) is 2.14. The number of aryl methyl sites for hydroxylation is 1. The lowest BCUT2D eigenvalue weighted by Gasteiger charge is -2.16.